The van der Waals surface area contributed by atoms with Crippen LogP contribution in [-0.4, -0.2) is 76.4 Å². The van der Waals surface area contributed by atoms with Crippen molar-refractivity contribution in [1.29, 1.82) is 5.26 Å². The van der Waals surface area contributed by atoms with Gasteiger partial charge in [-0.2, -0.15) is 5.26 Å². The highest BCUT2D eigenvalue weighted by Gasteiger charge is 2.40. The van der Waals surface area contributed by atoms with Gasteiger partial charge in [0, 0.05) is 55.5 Å². The molecule has 2 aromatic carbocycles. The number of hydrogen-bond donors (Lipinski definition) is 2. The lowest BCUT2D eigenvalue weighted by molar-refractivity contribution is -0.136. The zero-order valence-corrected chi connectivity index (χ0v) is 23.9. The molecule has 0 spiro atoms. The lowest BCUT2D eigenvalue weighted by Gasteiger charge is -2.39. The molecule has 2 atom stereocenters. The van der Waals surface area contributed by atoms with Crippen molar-refractivity contribution in [3.05, 3.63) is 88.4 Å². The summed E-state index contributed by atoms with van der Waals surface area (Å²) < 4.78 is 21.3. The molecule has 3 aromatic rings. The largest absolute Gasteiger partial charge is 0.488 e. The van der Waals surface area contributed by atoms with Crippen molar-refractivity contribution in [3.63, 3.8) is 0 Å². The molecule has 3 amide bonds. The number of imide groups is 1. The summed E-state index contributed by atoms with van der Waals surface area (Å²) in [5.41, 5.74) is 2.53. The predicted molar refractivity (Wildman–Crippen MR) is 156 cm³/mol. The minimum absolute atomic E-state index is 0.0742. The second-order valence-corrected chi connectivity index (χ2v) is 11.1. The predicted octanol–water partition coefficient (Wildman–Crippen LogP) is 2.29. The lowest BCUT2D eigenvalue weighted by atomic mass is 10.0. The van der Waals surface area contributed by atoms with Crippen molar-refractivity contribution in [2.75, 3.05) is 37.7 Å². The highest BCUT2D eigenvalue weighted by molar-refractivity contribution is 6.05. The number of ether oxygens (including phenoxy) is 1. The van der Waals surface area contributed by atoms with Gasteiger partial charge in [-0.05, 0) is 42.3 Å². The summed E-state index contributed by atoms with van der Waals surface area (Å²) in [5, 5.41) is 21.5. The molecular weight excluding hydrogens is 567 g/mol. The second-order valence-electron chi connectivity index (χ2n) is 11.1. The first-order valence-electron chi connectivity index (χ1n) is 14.5. The number of aliphatic hydroxyl groups is 1. The number of nitrogens with one attached hydrogen (secondary N) is 1. The first-order valence-corrected chi connectivity index (χ1v) is 14.5. The molecular formula is C32H31FN6O5. The monoisotopic (exact) mass is 598 g/mol. The van der Waals surface area contributed by atoms with Gasteiger partial charge in [-0.1, -0.05) is 18.2 Å². The molecule has 0 bridgehead atoms. The molecule has 44 heavy (non-hydrogen) atoms. The third-order valence-electron chi connectivity index (χ3n) is 8.51. The van der Waals surface area contributed by atoms with E-state index < -0.39 is 17.8 Å². The number of nitriles is 1. The van der Waals surface area contributed by atoms with E-state index >= 15 is 4.39 Å². The molecule has 12 heteroatoms. The van der Waals surface area contributed by atoms with Crippen LogP contribution in [0.15, 0.2) is 54.7 Å². The molecule has 2 fully saturated rings. The van der Waals surface area contributed by atoms with E-state index in [0.717, 1.165) is 5.82 Å². The third kappa shape index (κ3) is 5.71. The van der Waals surface area contributed by atoms with Crippen molar-refractivity contribution < 1.29 is 28.6 Å². The number of benzene rings is 2. The standard InChI is InChI=1S/C32H31FN6O5/c33-25-14-21(27(18-40)37-10-12-38(13-11-37)29-8-4-20(15-34)16-35-29)5-6-22(25)19-44-28-3-1-2-23-24(28)17-39(32(23)43)26-7-9-30(41)36-31(26)42/h1-6,8,14,16,26-27,40H,7,9-13,17-19H2,(H,36,41,42)/t26-,27?/m0/s1. The molecule has 2 N–H and O–H groups in total. The fraction of sp³-hybridized carbons (Fsp3) is 0.344. The van der Waals surface area contributed by atoms with Crippen molar-refractivity contribution in [2.24, 2.45) is 0 Å². The first kappa shape index (κ1) is 29.2. The van der Waals surface area contributed by atoms with Gasteiger partial charge in [0.1, 0.15) is 36.1 Å². The summed E-state index contributed by atoms with van der Waals surface area (Å²) in [7, 11) is 0. The molecule has 6 rings (SSSR count). The summed E-state index contributed by atoms with van der Waals surface area (Å²) in [4.78, 5) is 47.1. The van der Waals surface area contributed by atoms with Crippen LogP contribution in [-0.2, 0) is 22.7 Å². The fourth-order valence-corrected chi connectivity index (χ4v) is 6.07. The number of halogens is 1. The van der Waals surface area contributed by atoms with E-state index in [1.54, 1.807) is 42.6 Å². The van der Waals surface area contributed by atoms with Gasteiger partial charge in [0.05, 0.1) is 24.8 Å². The second kappa shape index (κ2) is 12.4. The van der Waals surface area contributed by atoms with Crippen LogP contribution in [0.1, 0.15) is 51.5 Å². The Kier molecular flexibility index (Phi) is 8.23. The average Bonchev–Trinajstić information content (AvgIpc) is 3.38. The molecule has 3 aliphatic heterocycles. The van der Waals surface area contributed by atoms with Crippen LogP contribution in [0.4, 0.5) is 10.2 Å². The number of pyridine rings is 1. The zero-order chi connectivity index (χ0) is 30.8. The number of amides is 3. The van der Waals surface area contributed by atoms with E-state index in [1.807, 2.05) is 6.07 Å². The first-order chi connectivity index (χ1) is 21.4. The Hall–Kier alpha value is -4.86. The van der Waals surface area contributed by atoms with Crippen LogP contribution in [0.2, 0.25) is 0 Å². The number of carbonyl (C=O) groups is 3. The summed E-state index contributed by atoms with van der Waals surface area (Å²) in [5.74, 6) is -0.389. The summed E-state index contributed by atoms with van der Waals surface area (Å²) in [6.45, 7) is 2.56. The van der Waals surface area contributed by atoms with Gasteiger partial charge in [0.2, 0.25) is 11.8 Å². The van der Waals surface area contributed by atoms with Crippen molar-refractivity contribution in [1.82, 2.24) is 20.1 Å². The van der Waals surface area contributed by atoms with Gasteiger partial charge >= 0.3 is 0 Å². The Morgan fingerprint density at radius 1 is 1.11 bits per heavy atom. The summed E-state index contributed by atoms with van der Waals surface area (Å²) in [6.07, 6.45) is 1.97. The minimum Gasteiger partial charge on any atom is -0.488 e. The topological polar surface area (TPSA) is 139 Å². The smallest absolute Gasteiger partial charge is 0.255 e. The Morgan fingerprint density at radius 2 is 1.93 bits per heavy atom. The van der Waals surface area contributed by atoms with E-state index in [4.69, 9.17) is 10.00 Å². The number of fused-ring (bicyclic) bond motifs is 1. The quantitative estimate of drug-likeness (QED) is 0.374. The van der Waals surface area contributed by atoms with E-state index in [-0.39, 0.29) is 50.5 Å². The van der Waals surface area contributed by atoms with Gasteiger partial charge in [0.15, 0.2) is 0 Å². The highest BCUT2D eigenvalue weighted by Crippen LogP contribution is 2.34. The molecule has 0 aliphatic carbocycles. The average molecular weight is 599 g/mol. The third-order valence-corrected chi connectivity index (χ3v) is 8.51. The number of piperazine rings is 1. The van der Waals surface area contributed by atoms with Gasteiger partial charge < -0.3 is 19.6 Å². The molecule has 0 saturated carbocycles. The normalized spacial score (nSPS) is 19.4. The molecule has 1 aromatic heterocycles. The number of hydrogen-bond acceptors (Lipinski definition) is 9. The maximum Gasteiger partial charge on any atom is 0.255 e. The van der Waals surface area contributed by atoms with Crippen LogP contribution in [0.5, 0.6) is 5.75 Å². The number of aromatic nitrogens is 1. The Labute approximate surface area is 253 Å². The number of anilines is 1. The molecule has 11 nitrogen and oxygen atoms in total. The minimum atomic E-state index is -0.736. The summed E-state index contributed by atoms with van der Waals surface area (Å²) in [6, 6.07) is 14.4. The SMILES string of the molecule is N#Cc1ccc(N2CCN(C(CO)c3ccc(COc4cccc5c4CN([C@H]4CCC(=O)NC4=O)C5=O)c(F)c3)CC2)nc1. The molecule has 4 heterocycles. The van der Waals surface area contributed by atoms with Crippen LogP contribution >= 0.6 is 0 Å². The maximum absolute atomic E-state index is 15.3. The Morgan fingerprint density at radius 3 is 2.61 bits per heavy atom. The van der Waals surface area contributed by atoms with Gasteiger partial charge in [-0.15, -0.1) is 0 Å². The Balaban J connectivity index is 1.09. The van der Waals surface area contributed by atoms with Crippen molar-refractivity contribution >= 4 is 23.5 Å². The van der Waals surface area contributed by atoms with E-state index in [2.05, 4.69) is 26.2 Å². The van der Waals surface area contributed by atoms with Gasteiger partial charge in [0.25, 0.3) is 5.91 Å². The van der Waals surface area contributed by atoms with Crippen LogP contribution in [0.3, 0.4) is 0 Å². The fourth-order valence-electron chi connectivity index (χ4n) is 6.07. The molecule has 2 saturated heterocycles. The molecule has 1 unspecified atom stereocenters. The van der Waals surface area contributed by atoms with E-state index in [1.165, 1.54) is 11.0 Å². The van der Waals surface area contributed by atoms with Crippen LogP contribution < -0.4 is 15.0 Å². The lowest BCUT2D eigenvalue weighted by Crippen LogP contribution is -2.52. The number of rotatable bonds is 8. The van der Waals surface area contributed by atoms with Crippen LogP contribution in [0, 0.1) is 17.1 Å². The van der Waals surface area contributed by atoms with Gasteiger partial charge in [-0.25, -0.2) is 9.37 Å². The molecule has 0 radical (unpaired) electrons. The van der Waals surface area contributed by atoms with Crippen molar-refractivity contribution in [3.8, 4) is 11.8 Å². The van der Waals surface area contributed by atoms with Crippen LogP contribution in [0.25, 0.3) is 0 Å². The highest BCUT2D eigenvalue weighted by atomic mass is 19.1. The van der Waals surface area contributed by atoms with Gasteiger partial charge in [-0.3, -0.25) is 24.6 Å². The number of aliphatic hydroxyl groups excluding tert-OH is 1. The number of carbonyl (C=O) groups excluding carboxylic acids is 3. The zero-order valence-electron chi connectivity index (χ0n) is 23.9. The van der Waals surface area contributed by atoms with Crippen molar-refractivity contribution in [2.45, 2.75) is 38.1 Å². The maximum atomic E-state index is 15.3. The molecule has 3 aliphatic rings. The number of piperidine rings is 1. The summed E-state index contributed by atoms with van der Waals surface area (Å²) >= 11 is 0. The molecule has 226 valence electrons. The number of nitrogens with zero attached hydrogens (tertiary/aromatic N) is 5. The van der Waals surface area contributed by atoms with E-state index in [0.29, 0.717) is 59.7 Å². The Bertz CT molecular complexity index is 1630. The van der Waals surface area contributed by atoms with E-state index in [9.17, 15) is 19.5 Å².